The predicted molar refractivity (Wildman–Crippen MR) is 79.5 cm³/mol. The maximum absolute atomic E-state index is 14.0. The van der Waals surface area contributed by atoms with Crippen LogP contribution < -0.4 is 0 Å². The molecule has 0 spiro atoms. The number of halogens is 2. The van der Waals surface area contributed by atoms with E-state index in [4.69, 9.17) is 11.6 Å². The third-order valence-corrected chi connectivity index (χ3v) is 4.25. The summed E-state index contributed by atoms with van der Waals surface area (Å²) in [5, 5.41) is 10.7. The molecule has 0 saturated heterocycles. The van der Waals surface area contributed by atoms with Gasteiger partial charge < -0.3 is 5.11 Å². The van der Waals surface area contributed by atoms with Crippen molar-refractivity contribution >= 4 is 22.6 Å². The van der Waals surface area contributed by atoms with E-state index >= 15 is 0 Å². The first-order chi connectivity index (χ1) is 10.5. The number of hydrogen-bond donors (Lipinski definition) is 1. The normalized spacial score (nSPS) is 20.5. The number of fused-ring (bicyclic) bond motifs is 2. The fraction of sp³-hybridized carbons (Fsp3) is 0.267. The van der Waals surface area contributed by atoms with E-state index in [-0.39, 0.29) is 10.7 Å². The minimum atomic E-state index is -0.959. The van der Waals surface area contributed by atoms with E-state index in [1.54, 1.807) is 13.0 Å². The van der Waals surface area contributed by atoms with Gasteiger partial charge >= 0.3 is 0 Å². The summed E-state index contributed by atoms with van der Waals surface area (Å²) in [6, 6.07) is 3.70. The summed E-state index contributed by atoms with van der Waals surface area (Å²) < 4.78 is 15.5. The van der Waals surface area contributed by atoms with Crippen molar-refractivity contribution in [2.75, 3.05) is 0 Å². The van der Waals surface area contributed by atoms with Crippen LogP contribution >= 0.6 is 11.6 Å². The molecule has 1 unspecified atom stereocenters. The molecule has 0 amide bonds. The molecule has 3 aromatic rings. The van der Waals surface area contributed by atoms with Crippen LogP contribution in [0.4, 0.5) is 4.39 Å². The molecule has 0 aliphatic heterocycles. The smallest absolute Gasteiger partial charge is 0.224 e. The summed E-state index contributed by atoms with van der Waals surface area (Å²) in [6.45, 7) is 1.74. The van der Waals surface area contributed by atoms with Crippen LogP contribution in [0, 0.1) is 5.82 Å². The molecular formula is C15H12ClFN4O. The van der Waals surface area contributed by atoms with Gasteiger partial charge in [-0.15, -0.1) is 0 Å². The summed E-state index contributed by atoms with van der Waals surface area (Å²) in [4.78, 5) is 12.4. The molecule has 22 heavy (non-hydrogen) atoms. The molecule has 1 atom stereocenters. The Morgan fingerprint density at radius 1 is 1.36 bits per heavy atom. The van der Waals surface area contributed by atoms with Crippen molar-refractivity contribution in [3.8, 4) is 5.82 Å². The van der Waals surface area contributed by atoms with E-state index in [9.17, 15) is 9.50 Å². The monoisotopic (exact) mass is 318 g/mol. The lowest BCUT2D eigenvalue weighted by molar-refractivity contribution is 0.0553. The van der Waals surface area contributed by atoms with Crippen molar-refractivity contribution in [2.45, 2.75) is 25.4 Å². The topological polar surface area (TPSA) is 63.8 Å². The average Bonchev–Trinajstić information content (AvgIpc) is 2.97. The van der Waals surface area contributed by atoms with Gasteiger partial charge in [0.15, 0.2) is 11.5 Å². The quantitative estimate of drug-likeness (QED) is 0.701. The molecule has 1 aliphatic carbocycles. The average molecular weight is 319 g/mol. The zero-order valence-corrected chi connectivity index (χ0v) is 12.5. The Morgan fingerprint density at radius 2 is 2.18 bits per heavy atom. The van der Waals surface area contributed by atoms with Gasteiger partial charge in [0.2, 0.25) is 5.28 Å². The van der Waals surface area contributed by atoms with Gasteiger partial charge in [-0.2, -0.15) is 4.98 Å². The van der Waals surface area contributed by atoms with Gasteiger partial charge in [-0.1, -0.05) is 6.07 Å². The number of nitrogens with zero attached hydrogens (tertiary/aromatic N) is 4. The van der Waals surface area contributed by atoms with Crippen molar-refractivity contribution < 1.29 is 9.50 Å². The summed E-state index contributed by atoms with van der Waals surface area (Å²) in [7, 11) is 0. The van der Waals surface area contributed by atoms with E-state index in [0.29, 0.717) is 23.6 Å². The summed E-state index contributed by atoms with van der Waals surface area (Å²) >= 11 is 5.81. The number of aromatic nitrogens is 4. The van der Waals surface area contributed by atoms with Crippen LogP contribution in [0.3, 0.4) is 0 Å². The second-order valence-corrected chi connectivity index (χ2v) is 6.01. The van der Waals surface area contributed by atoms with Gasteiger partial charge in [0.05, 0.1) is 11.1 Å². The number of aliphatic hydroxyl groups is 1. The molecule has 0 bridgehead atoms. The zero-order valence-electron chi connectivity index (χ0n) is 11.7. The summed E-state index contributed by atoms with van der Waals surface area (Å²) in [5.74, 6) is 0.0466. The second-order valence-electron chi connectivity index (χ2n) is 5.67. The van der Waals surface area contributed by atoms with E-state index in [0.717, 1.165) is 12.0 Å². The lowest BCUT2D eigenvalue weighted by atomic mass is 10.0. The van der Waals surface area contributed by atoms with Gasteiger partial charge in [0.25, 0.3) is 0 Å². The Balaban J connectivity index is 1.95. The molecule has 0 radical (unpaired) electrons. The first-order valence-corrected chi connectivity index (χ1v) is 7.26. The van der Waals surface area contributed by atoms with Crippen LogP contribution in [0.5, 0.6) is 0 Å². The largest absolute Gasteiger partial charge is 0.384 e. The Kier molecular flexibility index (Phi) is 2.76. The SMILES string of the molecule is CC1(O)CCc2ccc(-n3cc(F)c4cnc(Cl)nc43)nc21. The van der Waals surface area contributed by atoms with E-state index in [2.05, 4.69) is 15.0 Å². The van der Waals surface area contributed by atoms with Crippen LogP contribution in [0.1, 0.15) is 24.6 Å². The molecule has 0 saturated carbocycles. The van der Waals surface area contributed by atoms with Gasteiger partial charge in [-0.3, -0.25) is 4.57 Å². The van der Waals surface area contributed by atoms with Crippen LogP contribution in [-0.4, -0.2) is 24.6 Å². The van der Waals surface area contributed by atoms with Crippen LogP contribution in [0.25, 0.3) is 16.9 Å². The molecule has 0 fully saturated rings. The highest BCUT2D eigenvalue weighted by molar-refractivity contribution is 6.28. The van der Waals surface area contributed by atoms with E-state index < -0.39 is 11.4 Å². The van der Waals surface area contributed by atoms with Crippen molar-refractivity contribution in [3.63, 3.8) is 0 Å². The van der Waals surface area contributed by atoms with Crippen LogP contribution in [0.15, 0.2) is 24.5 Å². The molecule has 1 aliphatic rings. The third kappa shape index (κ3) is 1.91. The Hall–Kier alpha value is -2.05. The highest BCUT2D eigenvalue weighted by Gasteiger charge is 2.34. The molecular weight excluding hydrogens is 307 g/mol. The predicted octanol–water partition coefficient (Wildman–Crippen LogP) is 2.76. The van der Waals surface area contributed by atoms with Crippen LogP contribution in [0.2, 0.25) is 5.28 Å². The van der Waals surface area contributed by atoms with Gasteiger partial charge in [-0.05, 0) is 43.0 Å². The highest BCUT2D eigenvalue weighted by atomic mass is 35.5. The Bertz CT molecular complexity index is 906. The fourth-order valence-electron chi connectivity index (χ4n) is 2.90. The molecule has 5 nitrogen and oxygen atoms in total. The Morgan fingerprint density at radius 3 is 3.00 bits per heavy atom. The molecule has 112 valence electrons. The van der Waals surface area contributed by atoms with Crippen molar-refractivity contribution in [3.05, 3.63) is 46.9 Å². The summed E-state index contributed by atoms with van der Waals surface area (Å²) in [6.07, 6.45) is 4.06. The zero-order chi connectivity index (χ0) is 15.5. The van der Waals surface area contributed by atoms with E-state index in [1.807, 2.05) is 6.07 Å². The molecule has 3 heterocycles. The minimum Gasteiger partial charge on any atom is -0.384 e. The first-order valence-electron chi connectivity index (χ1n) is 6.88. The first kappa shape index (κ1) is 13.6. The maximum Gasteiger partial charge on any atom is 0.224 e. The van der Waals surface area contributed by atoms with Gasteiger partial charge in [0, 0.05) is 12.4 Å². The van der Waals surface area contributed by atoms with Gasteiger partial charge in [-0.25, -0.2) is 14.4 Å². The highest BCUT2D eigenvalue weighted by Crippen LogP contribution is 2.35. The molecule has 7 heteroatoms. The molecule has 1 N–H and O–H groups in total. The summed E-state index contributed by atoms with van der Waals surface area (Å²) in [5.41, 5.74) is 1.03. The maximum atomic E-state index is 14.0. The lowest BCUT2D eigenvalue weighted by Crippen LogP contribution is -2.19. The molecule has 3 aromatic heterocycles. The molecule has 0 aromatic carbocycles. The number of hydrogen-bond acceptors (Lipinski definition) is 4. The lowest BCUT2D eigenvalue weighted by Gasteiger charge is -2.17. The fourth-order valence-corrected chi connectivity index (χ4v) is 3.03. The molecule has 4 rings (SSSR count). The van der Waals surface area contributed by atoms with Gasteiger partial charge in [0.1, 0.15) is 11.4 Å². The van der Waals surface area contributed by atoms with Crippen LogP contribution in [-0.2, 0) is 12.0 Å². The number of pyridine rings is 1. The Labute approximate surface area is 130 Å². The number of rotatable bonds is 1. The van der Waals surface area contributed by atoms with Crippen molar-refractivity contribution in [1.29, 1.82) is 0 Å². The van der Waals surface area contributed by atoms with E-state index in [1.165, 1.54) is 17.0 Å². The minimum absolute atomic E-state index is 0.0417. The number of aryl methyl sites for hydroxylation is 1. The third-order valence-electron chi connectivity index (χ3n) is 4.07. The van der Waals surface area contributed by atoms with Crippen molar-refractivity contribution in [2.24, 2.45) is 0 Å². The second kappa shape index (κ2) is 4.47. The van der Waals surface area contributed by atoms with Crippen molar-refractivity contribution in [1.82, 2.24) is 19.5 Å². The standard InChI is InChI=1S/C15H12ClFN4O/c1-15(22)5-4-8-2-3-11(19-12(8)15)21-7-10(17)9-6-18-14(16)20-13(9)21/h2-3,6-7,22H,4-5H2,1H3.